The number of halogens is 3. The molecule has 0 saturated carbocycles. The van der Waals surface area contributed by atoms with Gasteiger partial charge in [0.25, 0.3) is 14.1 Å². The Bertz CT molecular complexity index is 2410. The number of unbranched alkanes of at least 4 members (excludes halogenated alkanes) is 1. The second-order valence-electron chi connectivity index (χ2n) is 16.1. The van der Waals surface area contributed by atoms with Gasteiger partial charge in [0.1, 0.15) is 35.3 Å². The summed E-state index contributed by atoms with van der Waals surface area (Å²) >= 11 is 0. The van der Waals surface area contributed by atoms with E-state index >= 15 is 0 Å². The molecule has 0 spiro atoms. The van der Waals surface area contributed by atoms with Gasteiger partial charge in [0.15, 0.2) is 11.2 Å². The third-order valence-electron chi connectivity index (χ3n) is 11.0. The predicted molar refractivity (Wildman–Crippen MR) is 241 cm³/mol. The molecular weight excluding hydrogens is 881 g/mol. The first-order valence-corrected chi connectivity index (χ1v) is 22.7. The number of nitriles is 1. The van der Waals surface area contributed by atoms with Gasteiger partial charge < -0.3 is 39.0 Å². The van der Waals surface area contributed by atoms with Crippen LogP contribution in [0.3, 0.4) is 0 Å². The van der Waals surface area contributed by atoms with Crippen LogP contribution < -0.4 is 26.1 Å². The average molecular weight is 937 g/mol. The van der Waals surface area contributed by atoms with Crippen molar-refractivity contribution in [1.29, 1.82) is 5.26 Å². The number of nitrogen functional groups attached to an aromatic ring is 1. The first-order valence-electron chi connectivity index (χ1n) is 21.6. The normalized spacial score (nSPS) is 17.1. The number of aryl methyl sites for hydroxylation is 1. The van der Waals surface area contributed by atoms with Crippen LogP contribution in [0.15, 0.2) is 83.7 Å². The van der Waals surface area contributed by atoms with E-state index < -0.39 is 50.2 Å². The SMILES string of the molecule is COc1ccc(C(OC[C@H]2O[C@@H](n3c(CCCCNC(=O)C(F)(F)F)nc4c(=O)[nH]c(N)nc43)C[C@@H]2OP(OCCC#N)N(C(C)C)C(C)C)(c2ccccc2)c2ccc(OC)cc2)cc1. The Morgan fingerprint density at radius 2 is 1.58 bits per heavy atom. The standard InChI is InChI=1S/C46H56F3N8O8P/c1-29(2)57(30(3)4)66(63-26-12-24-50)65-36-27-39(56-38(15-10-11-25-52-43(59)46(47,48)49)53-40-41(56)54-44(51)55-42(40)58)64-37(36)28-62-45(31-13-8-7-9-14-31,32-16-20-34(60-5)21-17-32)33-18-22-35(61-6)23-19-33/h7-9,13-14,16-23,29-30,36-37,39H,10-12,15,25-28H2,1-6H3,(H,52,59)(H3,51,54,55,58)/t36-,37+,39+,66?/m0/s1. The van der Waals surface area contributed by atoms with E-state index in [1.165, 1.54) is 0 Å². The second-order valence-corrected chi connectivity index (χ2v) is 17.5. The van der Waals surface area contributed by atoms with Gasteiger partial charge >= 0.3 is 12.1 Å². The number of aromatic amines is 1. The minimum absolute atomic E-state index is 0.0136. The van der Waals surface area contributed by atoms with E-state index in [2.05, 4.69) is 25.7 Å². The molecule has 1 amide bonds. The molecule has 0 radical (unpaired) electrons. The quantitative estimate of drug-likeness (QED) is 0.0347. The number of ether oxygens (including phenoxy) is 4. The molecule has 20 heteroatoms. The summed E-state index contributed by atoms with van der Waals surface area (Å²) in [5, 5.41) is 11.3. The number of hydrogen-bond donors (Lipinski definition) is 3. The van der Waals surface area contributed by atoms with Crippen molar-refractivity contribution in [2.75, 3.05) is 39.7 Å². The summed E-state index contributed by atoms with van der Waals surface area (Å²) in [7, 11) is 1.39. The highest BCUT2D eigenvalue weighted by molar-refractivity contribution is 7.44. The van der Waals surface area contributed by atoms with E-state index in [1.807, 2.05) is 112 Å². The highest BCUT2D eigenvalue weighted by Crippen LogP contribution is 2.51. The highest BCUT2D eigenvalue weighted by atomic mass is 31.2. The molecule has 0 bridgehead atoms. The lowest BCUT2D eigenvalue weighted by atomic mass is 9.80. The number of imidazole rings is 1. The Balaban J connectivity index is 1.44. The molecule has 1 aliphatic rings. The molecule has 4 N–H and O–H groups in total. The molecule has 354 valence electrons. The monoisotopic (exact) mass is 936 g/mol. The summed E-state index contributed by atoms with van der Waals surface area (Å²) in [6, 6.07) is 27.1. The van der Waals surface area contributed by atoms with Gasteiger partial charge in [0, 0.05) is 31.5 Å². The Labute approximate surface area is 382 Å². The Morgan fingerprint density at radius 3 is 2.14 bits per heavy atom. The number of carbonyl (C=O) groups is 1. The molecular formula is C46H56F3N8O8P. The summed E-state index contributed by atoms with van der Waals surface area (Å²) in [4.78, 5) is 36.3. The summed E-state index contributed by atoms with van der Waals surface area (Å²) in [6.07, 6.45) is -6.49. The fraction of sp³-hybridized carbons (Fsp3) is 0.457. The molecule has 5 aromatic rings. The largest absolute Gasteiger partial charge is 0.497 e. The molecule has 0 aliphatic carbocycles. The van der Waals surface area contributed by atoms with Gasteiger partial charge in [-0.2, -0.15) is 23.4 Å². The van der Waals surface area contributed by atoms with Gasteiger partial charge in [0.2, 0.25) is 5.95 Å². The maximum absolute atomic E-state index is 13.3. The number of nitrogens with two attached hydrogens (primary N) is 1. The Morgan fingerprint density at radius 1 is 0.970 bits per heavy atom. The van der Waals surface area contributed by atoms with Crippen LogP contribution in [0.4, 0.5) is 19.1 Å². The Hall–Kier alpha value is -5.61. The molecule has 1 aliphatic heterocycles. The van der Waals surface area contributed by atoms with E-state index in [0.29, 0.717) is 17.3 Å². The zero-order chi connectivity index (χ0) is 47.6. The number of methoxy groups -OCH3 is 2. The summed E-state index contributed by atoms with van der Waals surface area (Å²) < 4.78 is 81.2. The number of rotatable bonds is 22. The minimum Gasteiger partial charge on any atom is -0.497 e. The lowest BCUT2D eigenvalue weighted by Gasteiger charge is -2.39. The number of H-pyrrole nitrogens is 1. The Kier molecular flexibility index (Phi) is 16.8. The van der Waals surface area contributed by atoms with Crippen LogP contribution in [-0.2, 0) is 35.3 Å². The number of aromatic nitrogens is 4. The van der Waals surface area contributed by atoms with Crippen LogP contribution in [0.1, 0.15) is 82.1 Å². The number of hydrogen-bond acceptors (Lipinski definition) is 13. The van der Waals surface area contributed by atoms with E-state index in [4.69, 9.17) is 33.7 Å². The number of benzene rings is 3. The van der Waals surface area contributed by atoms with Crippen LogP contribution in [0.2, 0.25) is 0 Å². The van der Waals surface area contributed by atoms with Crippen LogP contribution in [0.5, 0.6) is 11.5 Å². The first-order chi connectivity index (χ1) is 31.6. The predicted octanol–water partition coefficient (Wildman–Crippen LogP) is 7.68. The van der Waals surface area contributed by atoms with Crippen LogP contribution in [0.25, 0.3) is 11.2 Å². The third kappa shape index (κ3) is 11.5. The van der Waals surface area contributed by atoms with Crippen molar-refractivity contribution in [3.8, 4) is 17.6 Å². The van der Waals surface area contributed by atoms with E-state index in [1.54, 1.807) is 18.8 Å². The van der Waals surface area contributed by atoms with Crippen LogP contribution in [-0.4, -0.2) is 94.5 Å². The maximum Gasteiger partial charge on any atom is 0.471 e. The molecule has 2 aromatic heterocycles. The molecule has 1 fully saturated rings. The zero-order valence-corrected chi connectivity index (χ0v) is 38.6. The van der Waals surface area contributed by atoms with Crippen LogP contribution in [0, 0.1) is 11.3 Å². The summed E-state index contributed by atoms with van der Waals surface area (Å²) in [6.45, 7) is 7.96. The summed E-state index contributed by atoms with van der Waals surface area (Å²) in [5.74, 6) is -0.531. The van der Waals surface area contributed by atoms with Crippen molar-refractivity contribution < 1.29 is 46.0 Å². The van der Waals surface area contributed by atoms with Gasteiger partial charge in [-0.1, -0.05) is 54.6 Å². The fourth-order valence-corrected chi connectivity index (χ4v) is 9.80. The zero-order valence-electron chi connectivity index (χ0n) is 37.7. The van der Waals surface area contributed by atoms with Crippen molar-refractivity contribution >= 4 is 31.5 Å². The van der Waals surface area contributed by atoms with Crippen molar-refractivity contribution in [1.82, 2.24) is 29.5 Å². The van der Waals surface area contributed by atoms with Gasteiger partial charge in [-0.3, -0.25) is 19.1 Å². The molecule has 16 nitrogen and oxygen atoms in total. The number of anilines is 1. The smallest absolute Gasteiger partial charge is 0.471 e. The number of alkyl halides is 3. The average Bonchev–Trinajstić information content (AvgIpc) is 3.86. The van der Waals surface area contributed by atoms with E-state index in [-0.39, 0.29) is 81.1 Å². The molecule has 1 unspecified atom stereocenters. The lowest BCUT2D eigenvalue weighted by molar-refractivity contribution is -0.173. The van der Waals surface area contributed by atoms with E-state index in [9.17, 15) is 28.0 Å². The second kappa shape index (κ2) is 22.3. The fourth-order valence-electron chi connectivity index (χ4n) is 8.05. The molecule has 66 heavy (non-hydrogen) atoms. The lowest BCUT2D eigenvalue weighted by Crippen LogP contribution is -2.39. The van der Waals surface area contributed by atoms with Crippen molar-refractivity contribution in [3.63, 3.8) is 0 Å². The molecule has 4 atom stereocenters. The van der Waals surface area contributed by atoms with Gasteiger partial charge in [0.05, 0.1) is 46.0 Å². The minimum atomic E-state index is -5.01. The molecule has 6 rings (SSSR count). The van der Waals surface area contributed by atoms with Gasteiger partial charge in [-0.15, -0.1) is 0 Å². The highest BCUT2D eigenvalue weighted by Gasteiger charge is 2.46. The molecule has 3 heterocycles. The maximum atomic E-state index is 13.3. The van der Waals surface area contributed by atoms with Crippen molar-refractivity contribution in [3.05, 3.63) is 112 Å². The van der Waals surface area contributed by atoms with Gasteiger partial charge in [-0.25, -0.2) is 9.65 Å². The summed E-state index contributed by atoms with van der Waals surface area (Å²) in [5.41, 5.74) is 6.76. The van der Waals surface area contributed by atoms with Gasteiger partial charge in [-0.05, 0) is 81.5 Å². The number of nitrogens with one attached hydrogen (secondary N) is 2. The number of amides is 1. The topological polar surface area (TPSA) is 201 Å². The number of carbonyl (C=O) groups excluding carboxylic acids is 1. The first kappa shape index (κ1) is 49.8. The van der Waals surface area contributed by atoms with E-state index in [0.717, 1.165) is 16.7 Å². The number of fused-ring (bicyclic) bond motifs is 1. The molecule has 1 saturated heterocycles. The van der Waals surface area contributed by atoms with Crippen LogP contribution >= 0.6 is 8.53 Å². The van der Waals surface area contributed by atoms with Crippen molar-refractivity contribution in [2.24, 2.45) is 0 Å². The third-order valence-corrected chi connectivity index (χ3v) is 13.2. The molecule has 3 aromatic carbocycles. The number of nitrogens with zero attached hydrogens (tertiary/aromatic N) is 5. The van der Waals surface area contributed by atoms with Crippen molar-refractivity contribution in [2.45, 2.75) is 102 Å².